The fourth-order valence-electron chi connectivity index (χ4n) is 5.20. The molecule has 0 amide bonds. The zero-order valence-electron chi connectivity index (χ0n) is 18.8. The van der Waals surface area contributed by atoms with E-state index in [-0.39, 0.29) is 11.8 Å². The van der Waals surface area contributed by atoms with Crippen molar-refractivity contribution in [2.75, 3.05) is 16.6 Å². The summed E-state index contributed by atoms with van der Waals surface area (Å²) < 4.78 is 41.2. The predicted molar refractivity (Wildman–Crippen MR) is 124 cm³/mol. The Balaban J connectivity index is 1.87. The molecule has 0 saturated carbocycles. The zero-order chi connectivity index (χ0) is 22.6. The molecular weight excluding hydrogens is 415 g/mol. The molecule has 0 aromatic heterocycles. The maximum absolute atomic E-state index is 13.9. The average Bonchev–Trinajstić information content (AvgIpc) is 2.89. The Kier molecular flexibility index (Phi) is 7.47. The number of rotatable bonds is 7. The normalized spacial score (nSPS) is 28.7. The minimum absolute atomic E-state index is 0.0623. The fourth-order valence-corrected chi connectivity index (χ4v) is 7.33. The minimum atomic E-state index is -3.73. The number of halogens is 1. The molecular formula is C24H35FN2O3S. The lowest BCUT2D eigenvalue weighted by Crippen LogP contribution is -2.60. The largest absolute Gasteiger partial charge is 0.389 e. The molecule has 2 saturated heterocycles. The van der Waals surface area contributed by atoms with Crippen LogP contribution in [0, 0.1) is 5.82 Å². The molecule has 0 aliphatic carbocycles. The van der Waals surface area contributed by atoms with Crippen LogP contribution in [-0.4, -0.2) is 48.4 Å². The molecule has 1 spiro atoms. The number of anilines is 1. The van der Waals surface area contributed by atoms with E-state index in [4.69, 9.17) is 0 Å². The van der Waals surface area contributed by atoms with Gasteiger partial charge in [0.1, 0.15) is 5.82 Å². The van der Waals surface area contributed by atoms with Crippen LogP contribution < -0.4 is 4.31 Å². The molecule has 172 valence electrons. The van der Waals surface area contributed by atoms with Crippen molar-refractivity contribution in [3.63, 3.8) is 0 Å². The summed E-state index contributed by atoms with van der Waals surface area (Å²) in [6.45, 7) is 6.91. The Morgan fingerprint density at radius 3 is 2.81 bits per heavy atom. The molecule has 3 unspecified atom stereocenters. The first kappa shape index (κ1) is 23.8. The van der Waals surface area contributed by atoms with Crippen LogP contribution >= 0.6 is 0 Å². The predicted octanol–water partition coefficient (Wildman–Crippen LogP) is 4.60. The Bertz CT molecular complexity index is 931. The molecule has 2 aliphatic heterocycles. The van der Waals surface area contributed by atoms with Gasteiger partial charge in [-0.25, -0.2) is 12.8 Å². The van der Waals surface area contributed by atoms with Crippen molar-refractivity contribution >= 4 is 15.7 Å². The summed E-state index contributed by atoms with van der Waals surface area (Å²) in [5.41, 5.74) is 0.653. The highest BCUT2D eigenvalue weighted by atomic mass is 32.2. The molecule has 2 heterocycles. The Hall–Kier alpha value is -1.86. The van der Waals surface area contributed by atoms with Crippen molar-refractivity contribution in [3.8, 4) is 0 Å². The first-order valence-electron chi connectivity index (χ1n) is 11.3. The molecule has 2 fully saturated rings. The third-order valence-electron chi connectivity index (χ3n) is 6.53. The maximum atomic E-state index is 13.9. The molecule has 1 aromatic rings. The van der Waals surface area contributed by atoms with E-state index in [9.17, 15) is 17.9 Å². The van der Waals surface area contributed by atoms with Crippen LogP contribution in [0.4, 0.5) is 10.1 Å². The number of aliphatic hydroxyl groups excluding tert-OH is 1. The van der Waals surface area contributed by atoms with E-state index in [1.807, 2.05) is 6.92 Å². The smallest absolute Gasteiger partial charge is 0.238 e. The summed E-state index contributed by atoms with van der Waals surface area (Å²) in [4.78, 5) is 2.37. The summed E-state index contributed by atoms with van der Waals surface area (Å²) in [5.74, 6) is -0.805. The molecule has 0 radical (unpaired) electrons. The maximum Gasteiger partial charge on any atom is 0.238 e. The van der Waals surface area contributed by atoms with Gasteiger partial charge in [-0.05, 0) is 70.6 Å². The van der Waals surface area contributed by atoms with Gasteiger partial charge in [-0.15, -0.1) is 0 Å². The molecule has 1 aromatic carbocycles. The van der Waals surface area contributed by atoms with E-state index >= 15 is 0 Å². The standard InChI is InChI=1S/C24H35FN2O3S/c1-4-6-7-8-12-21(10-5-2)26-15-14-24(17-19(26)3)23(28)18-31(29,30)27(24)22-13-9-11-20(25)16-22/h4,6,9-11,13,16,19,23,28H,5,7-8,12,14-15,17-18H2,1-3H3. The van der Waals surface area contributed by atoms with E-state index in [1.54, 1.807) is 6.07 Å². The molecule has 3 rings (SSSR count). The third-order valence-corrected chi connectivity index (χ3v) is 8.40. The van der Waals surface area contributed by atoms with E-state index in [0.717, 1.165) is 25.7 Å². The van der Waals surface area contributed by atoms with Gasteiger partial charge in [-0.1, -0.05) is 31.2 Å². The molecule has 5 nitrogen and oxygen atoms in total. The van der Waals surface area contributed by atoms with Crippen LogP contribution in [0.25, 0.3) is 0 Å². The Morgan fingerprint density at radius 1 is 1.39 bits per heavy atom. The number of nitrogens with zero attached hydrogens (tertiary/aromatic N) is 2. The second-order valence-corrected chi connectivity index (χ2v) is 10.6. The lowest BCUT2D eigenvalue weighted by molar-refractivity contribution is 0.0477. The highest BCUT2D eigenvalue weighted by molar-refractivity contribution is 7.93. The first-order chi connectivity index (χ1) is 14.7. The van der Waals surface area contributed by atoms with E-state index < -0.39 is 27.5 Å². The van der Waals surface area contributed by atoms with Crippen LogP contribution in [0.3, 0.4) is 0 Å². The summed E-state index contributed by atoms with van der Waals surface area (Å²) in [7, 11) is -3.73. The number of likely N-dealkylation sites (tertiary alicyclic amines) is 1. The first-order valence-corrected chi connectivity index (χ1v) is 12.9. The van der Waals surface area contributed by atoms with Crippen LogP contribution in [0.2, 0.25) is 0 Å². The lowest BCUT2D eigenvalue weighted by Gasteiger charge is -2.50. The summed E-state index contributed by atoms with van der Waals surface area (Å²) in [6.07, 6.45) is 10.5. The fraction of sp³-hybridized carbons (Fsp3) is 0.583. The Labute approximate surface area is 186 Å². The molecule has 0 bridgehead atoms. The van der Waals surface area contributed by atoms with Gasteiger partial charge in [0, 0.05) is 18.3 Å². The number of piperidine rings is 1. The Morgan fingerprint density at radius 2 is 2.16 bits per heavy atom. The highest BCUT2D eigenvalue weighted by Crippen LogP contribution is 2.46. The summed E-state index contributed by atoms with van der Waals surface area (Å²) in [5, 5.41) is 10.9. The second-order valence-electron chi connectivity index (χ2n) is 8.70. The van der Waals surface area contributed by atoms with Gasteiger partial charge in [0.25, 0.3) is 0 Å². The average molecular weight is 451 g/mol. The number of unbranched alkanes of at least 4 members (excludes halogenated alkanes) is 1. The summed E-state index contributed by atoms with van der Waals surface area (Å²) >= 11 is 0. The number of benzene rings is 1. The molecule has 3 atom stereocenters. The number of aliphatic hydroxyl groups is 1. The van der Waals surface area contributed by atoms with Crippen molar-refractivity contribution in [2.45, 2.75) is 77.0 Å². The van der Waals surface area contributed by atoms with Crippen molar-refractivity contribution in [2.24, 2.45) is 0 Å². The number of hydrogen-bond donors (Lipinski definition) is 1. The highest BCUT2D eigenvalue weighted by Gasteiger charge is 2.58. The molecule has 2 aliphatic rings. The van der Waals surface area contributed by atoms with Gasteiger partial charge in [0.15, 0.2) is 0 Å². The number of sulfonamides is 1. The van der Waals surface area contributed by atoms with Gasteiger partial charge in [-0.3, -0.25) is 4.31 Å². The van der Waals surface area contributed by atoms with Crippen molar-refractivity contribution < 1.29 is 17.9 Å². The van der Waals surface area contributed by atoms with Crippen LogP contribution in [0.1, 0.15) is 59.3 Å². The van der Waals surface area contributed by atoms with Crippen LogP contribution in [-0.2, 0) is 10.0 Å². The molecule has 7 heteroatoms. The SMILES string of the molecule is CC=CCCCC(=CCC)N1CCC2(CC1C)C(O)CS(=O)(=O)N2c1cccc(F)c1. The number of allylic oxidation sites excluding steroid dienone is 4. The van der Waals surface area contributed by atoms with Crippen molar-refractivity contribution in [3.05, 3.63) is 54.0 Å². The van der Waals surface area contributed by atoms with Crippen molar-refractivity contribution in [1.82, 2.24) is 4.90 Å². The van der Waals surface area contributed by atoms with Crippen LogP contribution in [0.5, 0.6) is 0 Å². The topological polar surface area (TPSA) is 60.9 Å². The molecule has 31 heavy (non-hydrogen) atoms. The lowest BCUT2D eigenvalue weighted by atomic mass is 9.79. The second kappa shape index (κ2) is 9.74. The minimum Gasteiger partial charge on any atom is -0.389 e. The van der Waals surface area contributed by atoms with Gasteiger partial charge in [0.05, 0.1) is 23.1 Å². The quantitative estimate of drug-likeness (QED) is 0.487. The number of hydrogen-bond acceptors (Lipinski definition) is 4. The van der Waals surface area contributed by atoms with Gasteiger partial charge in [-0.2, -0.15) is 0 Å². The van der Waals surface area contributed by atoms with E-state index in [1.165, 1.54) is 28.2 Å². The molecule has 1 N–H and O–H groups in total. The zero-order valence-corrected chi connectivity index (χ0v) is 19.6. The van der Waals surface area contributed by atoms with E-state index in [2.05, 4.69) is 37.0 Å². The monoisotopic (exact) mass is 450 g/mol. The van der Waals surface area contributed by atoms with Gasteiger partial charge >= 0.3 is 0 Å². The van der Waals surface area contributed by atoms with Crippen molar-refractivity contribution in [1.29, 1.82) is 0 Å². The van der Waals surface area contributed by atoms with Crippen LogP contribution in [0.15, 0.2) is 48.2 Å². The summed E-state index contributed by atoms with van der Waals surface area (Å²) in [6, 6.07) is 5.74. The van der Waals surface area contributed by atoms with Gasteiger partial charge < -0.3 is 10.0 Å². The van der Waals surface area contributed by atoms with Gasteiger partial charge in [0.2, 0.25) is 10.0 Å². The third kappa shape index (κ3) is 4.82. The van der Waals surface area contributed by atoms with E-state index in [0.29, 0.717) is 25.1 Å².